The molecule has 1 aromatic heterocycles. The van der Waals surface area contributed by atoms with Crippen molar-refractivity contribution >= 4 is 17.2 Å². The van der Waals surface area contributed by atoms with E-state index in [-0.39, 0.29) is 25.5 Å². The monoisotopic (exact) mass is 348 g/mol. The number of aliphatic hydroxyl groups is 2. The van der Waals surface area contributed by atoms with E-state index in [1.807, 2.05) is 36.6 Å². The standard InChI is InChI=1S/C18H24N2O3S/c1-13-4-6-14(7-5-13)17-19-15(9-24-17)8-16(23)20(3)10-18(2,11-21)12-22/h4-7,9,21-22H,8,10-12H2,1-3H3. The first-order chi connectivity index (χ1) is 11.4. The van der Waals surface area contributed by atoms with Gasteiger partial charge in [-0.05, 0) is 6.92 Å². The van der Waals surface area contributed by atoms with Gasteiger partial charge in [0.2, 0.25) is 5.91 Å². The number of hydrogen-bond acceptors (Lipinski definition) is 5. The number of amides is 1. The van der Waals surface area contributed by atoms with Crippen LogP contribution in [0.1, 0.15) is 18.2 Å². The predicted octanol–water partition coefficient (Wildman–Crippen LogP) is 2.11. The Bertz CT molecular complexity index is 678. The quantitative estimate of drug-likeness (QED) is 0.804. The van der Waals surface area contributed by atoms with Gasteiger partial charge in [-0.1, -0.05) is 36.8 Å². The van der Waals surface area contributed by atoms with Gasteiger partial charge in [0.15, 0.2) is 0 Å². The van der Waals surface area contributed by atoms with Crippen LogP contribution in [0.15, 0.2) is 29.6 Å². The van der Waals surface area contributed by atoms with Crippen molar-refractivity contribution in [3.05, 3.63) is 40.9 Å². The van der Waals surface area contributed by atoms with Gasteiger partial charge in [-0.2, -0.15) is 0 Å². The molecule has 0 unspecified atom stereocenters. The first-order valence-electron chi connectivity index (χ1n) is 7.84. The highest BCUT2D eigenvalue weighted by atomic mass is 32.1. The van der Waals surface area contributed by atoms with Gasteiger partial charge in [0.05, 0.1) is 25.3 Å². The SMILES string of the molecule is Cc1ccc(-c2nc(CC(=O)N(C)CC(C)(CO)CO)cs2)cc1. The van der Waals surface area contributed by atoms with Crippen molar-refractivity contribution in [2.75, 3.05) is 26.8 Å². The molecular formula is C18H24N2O3S. The highest BCUT2D eigenvalue weighted by Gasteiger charge is 2.26. The van der Waals surface area contributed by atoms with Gasteiger partial charge in [-0.3, -0.25) is 4.79 Å². The van der Waals surface area contributed by atoms with Crippen LogP contribution >= 0.6 is 11.3 Å². The van der Waals surface area contributed by atoms with E-state index in [1.54, 1.807) is 14.0 Å². The van der Waals surface area contributed by atoms with Crippen molar-refractivity contribution in [3.63, 3.8) is 0 Å². The number of nitrogens with zero attached hydrogens (tertiary/aromatic N) is 2. The molecule has 0 fully saturated rings. The Morgan fingerprint density at radius 2 is 1.88 bits per heavy atom. The van der Waals surface area contributed by atoms with Crippen LogP contribution in [0.2, 0.25) is 0 Å². The summed E-state index contributed by atoms with van der Waals surface area (Å²) in [5, 5.41) is 21.5. The summed E-state index contributed by atoms with van der Waals surface area (Å²) >= 11 is 1.52. The van der Waals surface area contributed by atoms with Crippen molar-refractivity contribution in [1.29, 1.82) is 0 Å². The first-order valence-corrected chi connectivity index (χ1v) is 8.72. The molecule has 0 aliphatic heterocycles. The molecule has 2 aromatic rings. The number of benzene rings is 1. The molecule has 0 radical (unpaired) electrons. The van der Waals surface area contributed by atoms with E-state index in [9.17, 15) is 15.0 Å². The number of carbonyl (C=O) groups is 1. The number of hydrogen-bond donors (Lipinski definition) is 2. The highest BCUT2D eigenvalue weighted by molar-refractivity contribution is 7.13. The summed E-state index contributed by atoms with van der Waals surface area (Å²) in [5.74, 6) is -0.0797. The van der Waals surface area contributed by atoms with Crippen LogP contribution < -0.4 is 0 Å². The lowest BCUT2D eigenvalue weighted by Gasteiger charge is -2.30. The molecule has 24 heavy (non-hydrogen) atoms. The molecule has 0 atom stereocenters. The summed E-state index contributed by atoms with van der Waals surface area (Å²) in [6, 6.07) is 8.14. The van der Waals surface area contributed by atoms with Gasteiger partial charge in [-0.15, -0.1) is 11.3 Å². The molecule has 1 heterocycles. The van der Waals surface area contributed by atoms with Crippen LogP contribution in [0.5, 0.6) is 0 Å². The third-order valence-corrected chi connectivity index (χ3v) is 4.93. The minimum atomic E-state index is -0.695. The molecule has 2 N–H and O–H groups in total. The summed E-state index contributed by atoms with van der Waals surface area (Å²) in [4.78, 5) is 18.4. The van der Waals surface area contributed by atoms with Crippen molar-refractivity contribution in [3.8, 4) is 10.6 Å². The van der Waals surface area contributed by atoms with Gasteiger partial charge in [0.25, 0.3) is 0 Å². The van der Waals surface area contributed by atoms with Crippen molar-refractivity contribution < 1.29 is 15.0 Å². The Kier molecular flexibility index (Phi) is 6.10. The molecular weight excluding hydrogens is 324 g/mol. The number of thiazole rings is 1. The average molecular weight is 348 g/mol. The summed E-state index contributed by atoms with van der Waals surface area (Å²) in [6.45, 7) is 3.74. The molecule has 1 aromatic carbocycles. The van der Waals surface area contributed by atoms with Gasteiger partial charge < -0.3 is 15.1 Å². The van der Waals surface area contributed by atoms with E-state index in [0.29, 0.717) is 6.54 Å². The topological polar surface area (TPSA) is 73.7 Å². The second kappa shape index (κ2) is 7.88. The van der Waals surface area contributed by atoms with Crippen LogP contribution in [0.25, 0.3) is 10.6 Å². The zero-order valence-electron chi connectivity index (χ0n) is 14.3. The Labute approximate surface area is 146 Å². The Morgan fingerprint density at radius 1 is 1.25 bits per heavy atom. The van der Waals surface area contributed by atoms with Gasteiger partial charge in [0.1, 0.15) is 5.01 Å². The molecule has 0 saturated heterocycles. The molecule has 0 spiro atoms. The van der Waals surface area contributed by atoms with Gasteiger partial charge >= 0.3 is 0 Å². The molecule has 0 aliphatic carbocycles. The molecule has 5 nitrogen and oxygen atoms in total. The normalized spacial score (nSPS) is 11.5. The fourth-order valence-corrected chi connectivity index (χ4v) is 3.14. The maximum Gasteiger partial charge on any atom is 0.228 e. The van der Waals surface area contributed by atoms with E-state index >= 15 is 0 Å². The number of aryl methyl sites for hydroxylation is 1. The van der Waals surface area contributed by atoms with Crippen LogP contribution in [-0.4, -0.2) is 52.8 Å². The Hall–Kier alpha value is -1.76. The van der Waals surface area contributed by atoms with Crippen LogP contribution in [0.4, 0.5) is 0 Å². The lowest BCUT2D eigenvalue weighted by atomic mass is 9.92. The minimum Gasteiger partial charge on any atom is -0.396 e. The number of aliphatic hydroxyl groups excluding tert-OH is 2. The van der Waals surface area contributed by atoms with E-state index in [0.717, 1.165) is 16.3 Å². The zero-order chi connectivity index (χ0) is 17.7. The van der Waals surface area contributed by atoms with E-state index in [1.165, 1.54) is 21.8 Å². The molecule has 0 bridgehead atoms. The lowest BCUT2D eigenvalue weighted by Crippen LogP contribution is -2.42. The smallest absolute Gasteiger partial charge is 0.228 e. The molecule has 0 saturated carbocycles. The molecule has 1 amide bonds. The second-order valence-electron chi connectivity index (χ2n) is 6.56. The van der Waals surface area contributed by atoms with Gasteiger partial charge in [0, 0.05) is 30.0 Å². The molecule has 0 aliphatic rings. The highest BCUT2D eigenvalue weighted by Crippen LogP contribution is 2.24. The van der Waals surface area contributed by atoms with E-state index in [4.69, 9.17) is 0 Å². The Balaban J connectivity index is 2.01. The summed E-state index contributed by atoms with van der Waals surface area (Å²) in [6.07, 6.45) is 0.214. The number of likely N-dealkylation sites (N-methyl/N-ethyl adjacent to an activating group) is 1. The van der Waals surface area contributed by atoms with Crippen molar-refractivity contribution in [1.82, 2.24) is 9.88 Å². The lowest BCUT2D eigenvalue weighted by molar-refractivity contribution is -0.131. The third kappa shape index (κ3) is 4.63. The van der Waals surface area contributed by atoms with Crippen LogP contribution in [0.3, 0.4) is 0 Å². The summed E-state index contributed by atoms with van der Waals surface area (Å²) in [7, 11) is 1.68. The number of carbonyl (C=O) groups excluding carboxylic acids is 1. The largest absolute Gasteiger partial charge is 0.396 e. The molecule has 2 rings (SSSR count). The Morgan fingerprint density at radius 3 is 2.46 bits per heavy atom. The number of rotatable bonds is 7. The average Bonchev–Trinajstić information content (AvgIpc) is 3.03. The summed E-state index contributed by atoms with van der Waals surface area (Å²) < 4.78 is 0. The maximum atomic E-state index is 12.3. The zero-order valence-corrected chi connectivity index (χ0v) is 15.1. The van der Waals surface area contributed by atoms with Crippen molar-refractivity contribution in [2.24, 2.45) is 5.41 Å². The minimum absolute atomic E-state index is 0.0797. The number of aromatic nitrogens is 1. The second-order valence-corrected chi connectivity index (χ2v) is 7.42. The van der Waals surface area contributed by atoms with Gasteiger partial charge in [-0.25, -0.2) is 4.98 Å². The predicted molar refractivity (Wildman–Crippen MR) is 95.9 cm³/mol. The van der Waals surface area contributed by atoms with E-state index < -0.39 is 5.41 Å². The fraction of sp³-hybridized carbons (Fsp3) is 0.444. The van der Waals surface area contributed by atoms with Crippen LogP contribution in [-0.2, 0) is 11.2 Å². The first kappa shape index (κ1) is 18.6. The molecule has 6 heteroatoms. The summed E-state index contributed by atoms with van der Waals surface area (Å²) in [5.41, 5.74) is 2.29. The van der Waals surface area contributed by atoms with E-state index in [2.05, 4.69) is 4.98 Å². The molecule has 130 valence electrons. The van der Waals surface area contributed by atoms with Crippen LogP contribution in [0, 0.1) is 12.3 Å². The fourth-order valence-electron chi connectivity index (χ4n) is 2.32. The van der Waals surface area contributed by atoms with Crippen molar-refractivity contribution in [2.45, 2.75) is 20.3 Å². The maximum absolute atomic E-state index is 12.3. The third-order valence-electron chi connectivity index (χ3n) is 3.99.